The summed E-state index contributed by atoms with van der Waals surface area (Å²) in [6, 6.07) is 13.9. The topological polar surface area (TPSA) is 82.5 Å². The number of aryl methyl sites for hydroxylation is 1. The molecule has 5 rings (SSSR count). The molecule has 2 saturated heterocycles. The van der Waals surface area contributed by atoms with Gasteiger partial charge in [-0.3, -0.25) is 9.69 Å². The van der Waals surface area contributed by atoms with Gasteiger partial charge in [0.1, 0.15) is 15.5 Å². The van der Waals surface area contributed by atoms with Crippen molar-refractivity contribution < 1.29 is 18.0 Å². The van der Waals surface area contributed by atoms with E-state index in [1.807, 2.05) is 11.0 Å². The molecule has 0 N–H and O–H groups in total. The number of sulfonamides is 1. The second-order valence-corrected chi connectivity index (χ2v) is 12.7. The van der Waals surface area contributed by atoms with Crippen molar-refractivity contribution in [1.82, 2.24) is 14.1 Å². The van der Waals surface area contributed by atoms with Crippen LogP contribution in [0.1, 0.15) is 31.2 Å². The molecule has 2 fully saturated rings. The van der Waals surface area contributed by atoms with Gasteiger partial charge in [-0.2, -0.15) is 4.31 Å². The third-order valence-corrected chi connectivity index (χ3v) is 10.5. The number of rotatable bonds is 7. The largest absolute Gasteiger partial charge is 0.388 e. The fourth-order valence-electron chi connectivity index (χ4n) is 5.08. The first-order chi connectivity index (χ1) is 17.0. The van der Waals surface area contributed by atoms with E-state index in [9.17, 15) is 13.2 Å². The average molecular weight is 517 g/mol. The summed E-state index contributed by atoms with van der Waals surface area (Å²) in [6.45, 7) is 4.92. The van der Waals surface area contributed by atoms with Gasteiger partial charge in [0.05, 0.1) is 0 Å². The molecule has 10 heteroatoms. The number of carbonyl (C=O) groups excluding carboxylic acids is 1. The molecule has 0 aliphatic carbocycles. The van der Waals surface area contributed by atoms with Gasteiger partial charge < -0.3 is 9.74 Å². The summed E-state index contributed by atoms with van der Waals surface area (Å²) in [7, 11) is -3.46. The lowest BCUT2D eigenvalue weighted by Crippen LogP contribution is -2.51. The molecule has 1 aromatic heterocycles. The molecule has 0 radical (unpaired) electrons. The quantitative estimate of drug-likeness (QED) is 0.565. The lowest BCUT2D eigenvalue weighted by atomic mass is 9.87. The second kappa shape index (κ2) is 10.4. The highest BCUT2D eigenvalue weighted by Crippen LogP contribution is 2.37. The molecule has 1 amide bonds. The van der Waals surface area contributed by atoms with E-state index < -0.39 is 15.6 Å². The molecule has 0 saturated carbocycles. The van der Waals surface area contributed by atoms with Crippen molar-refractivity contribution in [2.75, 3.05) is 45.8 Å². The Hall–Kier alpha value is -2.27. The van der Waals surface area contributed by atoms with Crippen molar-refractivity contribution in [3.63, 3.8) is 0 Å². The van der Waals surface area contributed by atoms with Crippen molar-refractivity contribution in [2.45, 2.75) is 41.9 Å². The molecule has 35 heavy (non-hydrogen) atoms. The van der Waals surface area contributed by atoms with Gasteiger partial charge in [0.25, 0.3) is 15.9 Å². The molecule has 3 aliphatic rings. The molecule has 4 heterocycles. The fourth-order valence-corrected chi connectivity index (χ4v) is 7.67. The van der Waals surface area contributed by atoms with Crippen molar-refractivity contribution >= 4 is 33.0 Å². The normalized spacial score (nSPS) is 21.1. The first-order valence-electron chi connectivity index (χ1n) is 12.3. The van der Waals surface area contributed by atoms with E-state index in [1.165, 1.54) is 21.2 Å². The maximum Gasteiger partial charge on any atom is 0.271 e. The standard InChI is InChI=1S/C25H32N4O4S2/c30-24(28-17-15-27(16-18-28)12-4-8-21-6-2-1-3-7-21)22-20-25(33-26-22)10-13-29(14-11-25)35(31,32)23-9-5-19-34-23/h1-3,5-7,9,19H,4,8,10-18,20H2. The summed E-state index contributed by atoms with van der Waals surface area (Å²) in [5.41, 5.74) is 1.27. The number of piperazine rings is 1. The number of nitrogens with zero attached hydrogens (tertiary/aromatic N) is 4. The predicted molar refractivity (Wildman–Crippen MR) is 136 cm³/mol. The molecule has 2 aromatic rings. The average Bonchev–Trinajstić information content (AvgIpc) is 3.57. The predicted octanol–water partition coefficient (Wildman–Crippen LogP) is 2.82. The Bertz CT molecular complexity index is 1140. The number of hydrogen-bond acceptors (Lipinski definition) is 7. The van der Waals surface area contributed by atoms with Gasteiger partial charge in [-0.05, 0) is 36.4 Å². The van der Waals surface area contributed by atoms with Crippen LogP contribution in [0.3, 0.4) is 0 Å². The van der Waals surface area contributed by atoms with Gasteiger partial charge in [-0.25, -0.2) is 8.42 Å². The van der Waals surface area contributed by atoms with Crippen LogP contribution in [-0.2, 0) is 26.1 Å². The van der Waals surface area contributed by atoms with Gasteiger partial charge in [-0.1, -0.05) is 41.6 Å². The molecule has 188 valence electrons. The van der Waals surface area contributed by atoms with E-state index in [0.717, 1.165) is 32.5 Å². The second-order valence-electron chi connectivity index (χ2n) is 9.55. The van der Waals surface area contributed by atoms with Crippen LogP contribution in [0.25, 0.3) is 0 Å². The zero-order chi connectivity index (χ0) is 24.3. The highest BCUT2D eigenvalue weighted by atomic mass is 32.2. The Morgan fingerprint density at radius 1 is 1.00 bits per heavy atom. The number of thiophene rings is 1. The van der Waals surface area contributed by atoms with Crippen molar-refractivity contribution in [3.05, 3.63) is 53.4 Å². The molecular weight excluding hydrogens is 484 g/mol. The van der Waals surface area contributed by atoms with Crippen molar-refractivity contribution in [2.24, 2.45) is 5.16 Å². The van der Waals surface area contributed by atoms with Crippen LogP contribution >= 0.6 is 11.3 Å². The minimum atomic E-state index is -3.46. The maximum atomic E-state index is 13.1. The number of hydrogen-bond donors (Lipinski definition) is 0. The van der Waals surface area contributed by atoms with Gasteiger partial charge in [0.2, 0.25) is 0 Å². The number of amides is 1. The molecular formula is C25H32N4O4S2. The minimum Gasteiger partial charge on any atom is -0.388 e. The highest BCUT2D eigenvalue weighted by Gasteiger charge is 2.46. The van der Waals surface area contributed by atoms with Gasteiger partial charge in [0.15, 0.2) is 0 Å². The molecule has 0 unspecified atom stereocenters. The van der Waals surface area contributed by atoms with E-state index in [0.29, 0.717) is 55.4 Å². The summed E-state index contributed by atoms with van der Waals surface area (Å²) >= 11 is 1.23. The van der Waals surface area contributed by atoms with E-state index in [-0.39, 0.29) is 5.91 Å². The zero-order valence-corrected chi connectivity index (χ0v) is 21.5. The number of benzene rings is 1. The Labute approximate surface area is 211 Å². The summed E-state index contributed by atoms with van der Waals surface area (Å²) in [5.74, 6) is -0.0422. The van der Waals surface area contributed by atoms with E-state index >= 15 is 0 Å². The first-order valence-corrected chi connectivity index (χ1v) is 14.6. The SMILES string of the molecule is O=C(C1=NOC2(CCN(S(=O)(=O)c3cccs3)CC2)C1)N1CCN(CCCc2ccccc2)CC1. The Kier molecular flexibility index (Phi) is 7.24. The van der Waals surface area contributed by atoms with Crippen LogP contribution in [-0.4, -0.2) is 85.6 Å². The molecule has 1 spiro atoms. The third kappa shape index (κ3) is 5.45. The maximum absolute atomic E-state index is 13.1. The van der Waals surface area contributed by atoms with Crippen molar-refractivity contribution in [1.29, 1.82) is 0 Å². The molecule has 8 nitrogen and oxygen atoms in total. The van der Waals surface area contributed by atoms with Gasteiger partial charge in [0, 0.05) is 58.5 Å². The van der Waals surface area contributed by atoms with Crippen molar-refractivity contribution in [3.8, 4) is 0 Å². The van der Waals surface area contributed by atoms with Crippen LogP contribution in [0.5, 0.6) is 0 Å². The van der Waals surface area contributed by atoms with Crippen LogP contribution in [0, 0.1) is 0 Å². The monoisotopic (exact) mass is 516 g/mol. The molecule has 1 aromatic carbocycles. The minimum absolute atomic E-state index is 0.0422. The summed E-state index contributed by atoms with van der Waals surface area (Å²) in [6.07, 6.45) is 3.71. The van der Waals surface area contributed by atoms with Crippen LogP contribution in [0.4, 0.5) is 0 Å². The highest BCUT2D eigenvalue weighted by molar-refractivity contribution is 7.91. The van der Waals surface area contributed by atoms with E-state index in [4.69, 9.17) is 4.84 Å². The number of oxime groups is 1. The zero-order valence-electron chi connectivity index (χ0n) is 19.8. The summed E-state index contributed by atoms with van der Waals surface area (Å²) < 4.78 is 27.5. The molecule has 0 atom stereocenters. The van der Waals surface area contributed by atoms with Crippen LogP contribution in [0.2, 0.25) is 0 Å². The fraction of sp³-hybridized carbons (Fsp3) is 0.520. The Morgan fingerprint density at radius 2 is 1.74 bits per heavy atom. The van der Waals surface area contributed by atoms with Gasteiger partial charge in [-0.15, -0.1) is 11.3 Å². The first kappa shape index (κ1) is 24.4. The molecule has 0 bridgehead atoms. The third-order valence-electron chi connectivity index (χ3n) is 7.25. The summed E-state index contributed by atoms with van der Waals surface area (Å²) in [4.78, 5) is 23.2. The molecule has 3 aliphatic heterocycles. The van der Waals surface area contributed by atoms with E-state index in [2.05, 4.69) is 34.3 Å². The lowest BCUT2D eigenvalue weighted by Gasteiger charge is -2.36. The van der Waals surface area contributed by atoms with E-state index in [1.54, 1.807) is 17.5 Å². The Balaban J connectivity index is 1.06. The van der Waals surface area contributed by atoms with Gasteiger partial charge >= 0.3 is 0 Å². The number of carbonyl (C=O) groups is 1. The number of piperidine rings is 1. The Morgan fingerprint density at radius 3 is 2.43 bits per heavy atom. The lowest BCUT2D eigenvalue weighted by molar-refractivity contribution is -0.125. The smallest absolute Gasteiger partial charge is 0.271 e. The van der Waals surface area contributed by atoms with Crippen LogP contribution in [0.15, 0.2) is 57.2 Å². The summed E-state index contributed by atoms with van der Waals surface area (Å²) in [5, 5.41) is 5.95. The van der Waals surface area contributed by atoms with Crippen LogP contribution < -0.4 is 0 Å².